The molecule has 0 bridgehead atoms. The van der Waals surface area contributed by atoms with E-state index in [2.05, 4.69) is 11.4 Å². The molecule has 146 valence electrons. The van der Waals surface area contributed by atoms with Gasteiger partial charge in [-0.05, 0) is 60.5 Å². The van der Waals surface area contributed by atoms with Crippen molar-refractivity contribution in [2.45, 2.75) is 19.6 Å². The summed E-state index contributed by atoms with van der Waals surface area (Å²) >= 11 is 24.2. The average Bonchev–Trinajstić information content (AvgIpc) is 2.66. The van der Waals surface area contributed by atoms with Crippen LogP contribution in [0.2, 0.25) is 20.1 Å². The molecule has 0 radical (unpaired) electrons. The molecule has 6 heteroatoms. The largest absolute Gasteiger partial charge is 0.489 e. The number of benzene rings is 3. The van der Waals surface area contributed by atoms with Crippen LogP contribution in [0.15, 0.2) is 60.7 Å². The summed E-state index contributed by atoms with van der Waals surface area (Å²) in [6.07, 6.45) is 0.835. The van der Waals surface area contributed by atoms with Crippen LogP contribution in [-0.4, -0.2) is 6.54 Å². The summed E-state index contributed by atoms with van der Waals surface area (Å²) in [5.74, 6) is 0.797. The maximum absolute atomic E-state index is 6.21. The summed E-state index contributed by atoms with van der Waals surface area (Å²) in [5.41, 5.74) is 3.12. The molecule has 3 rings (SSSR count). The van der Waals surface area contributed by atoms with Crippen molar-refractivity contribution >= 4 is 46.4 Å². The zero-order valence-electron chi connectivity index (χ0n) is 15.0. The molecule has 0 fully saturated rings. The van der Waals surface area contributed by atoms with Gasteiger partial charge in [-0.15, -0.1) is 0 Å². The van der Waals surface area contributed by atoms with E-state index in [1.165, 1.54) is 0 Å². The minimum Gasteiger partial charge on any atom is -0.489 e. The Hall–Kier alpha value is -1.42. The van der Waals surface area contributed by atoms with Crippen LogP contribution in [0.25, 0.3) is 0 Å². The summed E-state index contributed by atoms with van der Waals surface area (Å²) in [6.45, 7) is 1.94. The fourth-order valence-electron chi connectivity index (χ4n) is 2.73. The van der Waals surface area contributed by atoms with E-state index < -0.39 is 0 Å². The Morgan fingerprint density at radius 1 is 0.750 bits per heavy atom. The van der Waals surface area contributed by atoms with Crippen molar-refractivity contribution < 1.29 is 4.74 Å². The lowest BCUT2D eigenvalue weighted by atomic mass is 10.1. The van der Waals surface area contributed by atoms with Crippen LogP contribution in [0.5, 0.6) is 5.75 Å². The van der Waals surface area contributed by atoms with Gasteiger partial charge in [0.15, 0.2) is 0 Å². The fourth-order valence-corrected chi connectivity index (χ4v) is 3.69. The van der Waals surface area contributed by atoms with Crippen LogP contribution in [0, 0.1) is 0 Å². The van der Waals surface area contributed by atoms with E-state index in [-0.39, 0.29) is 0 Å². The fraction of sp³-hybridized carbons (Fsp3) is 0.182. The lowest BCUT2D eigenvalue weighted by Gasteiger charge is -2.10. The molecule has 0 atom stereocenters. The first-order chi connectivity index (χ1) is 13.5. The minimum absolute atomic E-state index is 0.391. The highest BCUT2D eigenvalue weighted by Gasteiger charge is 2.04. The number of nitrogens with one attached hydrogen (secondary N) is 1. The Morgan fingerprint density at radius 3 is 2.11 bits per heavy atom. The molecule has 3 aromatic rings. The Labute approximate surface area is 185 Å². The van der Waals surface area contributed by atoms with Crippen LogP contribution < -0.4 is 10.1 Å². The highest BCUT2D eigenvalue weighted by Crippen LogP contribution is 2.23. The van der Waals surface area contributed by atoms with E-state index >= 15 is 0 Å². The van der Waals surface area contributed by atoms with Crippen molar-refractivity contribution in [1.29, 1.82) is 0 Å². The zero-order valence-corrected chi connectivity index (χ0v) is 18.0. The van der Waals surface area contributed by atoms with E-state index in [9.17, 15) is 0 Å². The molecular formula is C22H19Cl4NO. The van der Waals surface area contributed by atoms with Crippen molar-refractivity contribution in [3.05, 3.63) is 97.4 Å². The lowest BCUT2D eigenvalue weighted by molar-refractivity contribution is 0.306. The maximum atomic E-state index is 6.21. The molecule has 0 aliphatic carbocycles. The first-order valence-electron chi connectivity index (χ1n) is 8.81. The molecule has 0 saturated heterocycles. The van der Waals surface area contributed by atoms with Gasteiger partial charge in [0.1, 0.15) is 12.4 Å². The van der Waals surface area contributed by atoms with Gasteiger partial charge in [-0.25, -0.2) is 0 Å². The summed E-state index contributed by atoms with van der Waals surface area (Å²) in [7, 11) is 0. The van der Waals surface area contributed by atoms with E-state index in [0.29, 0.717) is 26.7 Å². The van der Waals surface area contributed by atoms with Crippen molar-refractivity contribution in [3.8, 4) is 5.75 Å². The molecule has 0 heterocycles. The molecule has 2 nitrogen and oxygen atoms in total. The molecule has 0 aromatic heterocycles. The highest BCUT2D eigenvalue weighted by atomic mass is 35.5. The van der Waals surface area contributed by atoms with Gasteiger partial charge in [-0.1, -0.05) is 70.7 Å². The molecule has 1 N–H and O–H groups in total. The van der Waals surface area contributed by atoms with Crippen LogP contribution in [0.1, 0.15) is 16.7 Å². The standard InChI is InChI=1S/C22H19Cl4NO/c23-18-6-4-16(21(25)11-18)8-9-27-13-15-2-1-3-20(10-15)28-14-17-5-7-19(24)12-22(17)26/h1-7,10-12,27H,8-9,13-14H2. The van der Waals surface area contributed by atoms with E-state index in [4.69, 9.17) is 51.1 Å². The van der Waals surface area contributed by atoms with E-state index in [1.54, 1.807) is 18.2 Å². The molecule has 0 spiro atoms. The van der Waals surface area contributed by atoms with Gasteiger partial charge in [-0.3, -0.25) is 0 Å². The van der Waals surface area contributed by atoms with Crippen molar-refractivity contribution in [2.24, 2.45) is 0 Å². The van der Waals surface area contributed by atoms with Gasteiger partial charge in [-0.2, -0.15) is 0 Å². The van der Waals surface area contributed by atoms with Gasteiger partial charge in [0.05, 0.1) is 0 Å². The molecule has 0 aliphatic rings. The molecule has 28 heavy (non-hydrogen) atoms. The van der Waals surface area contributed by atoms with Gasteiger partial charge < -0.3 is 10.1 Å². The third-order valence-electron chi connectivity index (χ3n) is 4.22. The second-order valence-electron chi connectivity index (χ2n) is 6.33. The third-order valence-corrected chi connectivity index (χ3v) is 5.40. The van der Waals surface area contributed by atoms with Crippen molar-refractivity contribution in [2.75, 3.05) is 6.54 Å². The number of hydrogen-bond donors (Lipinski definition) is 1. The van der Waals surface area contributed by atoms with Crippen LogP contribution in [0.3, 0.4) is 0 Å². The third kappa shape index (κ3) is 6.30. The molecule has 0 unspecified atom stereocenters. The summed E-state index contributed by atoms with van der Waals surface area (Å²) in [4.78, 5) is 0. The van der Waals surface area contributed by atoms with E-state index in [1.807, 2.05) is 36.4 Å². The smallest absolute Gasteiger partial charge is 0.120 e. The highest BCUT2D eigenvalue weighted by molar-refractivity contribution is 6.35. The second kappa shape index (κ2) is 10.4. The Bertz CT molecular complexity index is 946. The van der Waals surface area contributed by atoms with E-state index in [0.717, 1.165) is 42.0 Å². The quantitative estimate of drug-likeness (QED) is 0.363. The molecule has 3 aromatic carbocycles. The monoisotopic (exact) mass is 453 g/mol. The zero-order chi connectivity index (χ0) is 19.9. The predicted molar refractivity (Wildman–Crippen MR) is 119 cm³/mol. The van der Waals surface area contributed by atoms with Gasteiger partial charge >= 0.3 is 0 Å². The number of halogens is 4. The Balaban J connectivity index is 1.49. The van der Waals surface area contributed by atoms with Crippen LogP contribution in [0.4, 0.5) is 0 Å². The Morgan fingerprint density at radius 2 is 1.43 bits per heavy atom. The number of ether oxygens (including phenoxy) is 1. The first kappa shape index (κ1) is 21.3. The van der Waals surface area contributed by atoms with Crippen LogP contribution >= 0.6 is 46.4 Å². The molecule has 0 saturated carbocycles. The molecular weight excluding hydrogens is 436 g/mol. The second-order valence-corrected chi connectivity index (χ2v) is 8.02. The molecule has 0 amide bonds. The number of rotatable bonds is 8. The van der Waals surface area contributed by atoms with Crippen LogP contribution in [-0.2, 0) is 19.6 Å². The van der Waals surface area contributed by atoms with Gasteiger partial charge in [0, 0.05) is 32.2 Å². The SMILES string of the molecule is Clc1ccc(CCNCc2cccc(OCc3ccc(Cl)cc3Cl)c2)c(Cl)c1. The lowest BCUT2D eigenvalue weighted by Crippen LogP contribution is -2.16. The van der Waals surface area contributed by atoms with Gasteiger partial charge in [0.25, 0.3) is 0 Å². The summed E-state index contributed by atoms with van der Waals surface area (Å²) < 4.78 is 5.87. The predicted octanol–water partition coefficient (Wildman–Crippen LogP) is 7.21. The maximum Gasteiger partial charge on any atom is 0.120 e. The minimum atomic E-state index is 0.391. The average molecular weight is 455 g/mol. The molecule has 0 aliphatic heterocycles. The van der Waals surface area contributed by atoms with Gasteiger partial charge in [0.2, 0.25) is 0 Å². The number of hydrogen-bond acceptors (Lipinski definition) is 2. The summed E-state index contributed by atoms with van der Waals surface area (Å²) in [5, 5.41) is 5.99. The van der Waals surface area contributed by atoms with Crippen molar-refractivity contribution in [1.82, 2.24) is 5.32 Å². The topological polar surface area (TPSA) is 21.3 Å². The van der Waals surface area contributed by atoms with Crippen molar-refractivity contribution in [3.63, 3.8) is 0 Å². The first-order valence-corrected chi connectivity index (χ1v) is 10.3. The summed E-state index contributed by atoms with van der Waals surface area (Å²) in [6, 6.07) is 19.0. The normalized spacial score (nSPS) is 10.9. The Kier molecular flexibility index (Phi) is 7.90.